The molecule has 2 saturated heterocycles. The van der Waals surface area contributed by atoms with Gasteiger partial charge in [0, 0.05) is 55.5 Å². The third-order valence-electron chi connectivity index (χ3n) is 6.95. The number of anilines is 1. The van der Waals surface area contributed by atoms with Gasteiger partial charge in [0.2, 0.25) is 6.33 Å². The van der Waals surface area contributed by atoms with Crippen molar-refractivity contribution < 1.29 is 24.1 Å². The van der Waals surface area contributed by atoms with Crippen LogP contribution in [0.2, 0.25) is 0 Å². The zero-order valence-electron chi connectivity index (χ0n) is 20.7. The summed E-state index contributed by atoms with van der Waals surface area (Å²) in [6.45, 7) is 3.03. The standard InChI is InChI=1S/C23H24N10O4S2/c1-25-14(17-29-23(24)39-30-17)19(34)28-15-20(35)33-16(22(36)37)12(9-38-21(15)33)8-31-4-2-3-13-18(31)27-10-32(13)7-11-5-26-6-11/h2-4,10-11,15,21,26H,5-9H2,1H3,(H3-,24,28,29,30,34,36,37). The first kappa shape index (κ1) is 25.4. The van der Waals surface area contributed by atoms with Crippen LogP contribution in [-0.4, -0.2) is 84.6 Å². The third-order valence-corrected chi connectivity index (χ3v) is 8.83. The number of hydrogen-bond donors (Lipinski definition) is 3. The van der Waals surface area contributed by atoms with Crippen molar-refractivity contribution in [1.29, 1.82) is 0 Å². The third kappa shape index (κ3) is 4.43. The van der Waals surface area contributed by atoms with Crippen molar-refractivity contribution in [3.63, 3.8) is 0 Å². The van der Waals surface area contributed by atoms with E-state index in [0.29, 0.717) is 17.2 Å². The number of aromatic nitrogens is 5. The maximum Gasteiger partial charge on any atom is 0.349 e. The highest BCUT2D eigenvalue weighted by molar-refractivity contribution is 8.00. The minimum absolute atomic E-state index is 0.0630. The monoisotopic (exact) mass is 568 g/mol. The summed E-state index contributed by atoms with van der Waals surface area (Å²) in [6.07, 6.45) is 3.64. The summed E-state index contributed by atoms with van der Waals surface area (Å²) in [7, 11) is 1.41. The van der Waals surface area contributed by atoms with Crippen molar-refractivity contribution in [2.45, 2.75) is 24.5 Å². The van der Waals surface area contributed by atoms with Crippen molar-refractivity contribution in [2.75, 3.05) is 31.6 Å². The van der Waals surface area contributed by atoms with Gasteiger partial charge in [-0.1, -0.05) is 0 Å². The van der Waals surface area contributed by atoms with Gasteiger partial charge in [-0.15, -0.1) is 11.8 Å². The van der Waals surface area contributed by atoms with E-state index in [-0.39, 0.29) is 28.9 Å². The van der Waals surface area contributed by atoms with E-state index in [9.17, 15) is 19.5 Å². The largest absolute Gasteiger partial charge is 0.543 e. The summed E-state index contributed by atoms with van der Waals surface area (Å²) in [5.41, 5.74) is 7.58. The summed E-state index contributed by atoms with van der Waals surface area (Å²) in [4.78, 5) is 51.9. The van der Waals surface area contributed by atoms with Gasteiger partial charge in [-0.3, -0.25) is 19.5 Å². The quantitative estimate of drug-likeness (QED) is 0.149. The smallest absolute Gasteiger partial charge is 0.349 e. The van der Waals surface area contributed by atoms with E-state index < -0.39 is 29.2 Å². The number of carboxylic acids is 1. The lowest BCUT2D eigenvalue weighted by Crippen LogP contribution is -2.71. The highest BCUT2D eigenvalue weighted by atomic mass is 32.2. The summed E-state index contributed by atoms with van der Waals surface area (Å²) in [5.74, 6) is -1.68. The second-order valence-corrected chi connectivity index (χ2v) is 11.3. The zero-order valence-corrected chi connectivity index (χ0v) is 22.4. The van der Waals surface area contributed by atoms with Crippen LogP contribution in [0.5, 0.6) is 0 Å². The molecule has 2 atom stereocenters. The number of imidazole rings is 1. The number of nitrogens with two attached hydrogens (primary N) is 1. The molecule has 0 aromatic carbocycles. The van der Waals surface area contributed by atoms with Crippen molar-refractivity contribution in [3.05, 3.63) is 41.8 Å². The molecule has 3 aliphatic rings. The minimum atomic E-state index is -1.44. The second-order valence-electron chi connectivity index (χ2n) is 9.40. The number of carbonyl (C=O) groups is 3. The van der Waals surface area contributed by atoms with Gasteiger partial charge in [0.1, 0.15) is 23.5 Å². The first-order valence-electron chi connectivity index (χ1n) is 12.1. The summed E-state index contributed by atoms with van der Waals surface area (Å²) in [6, 6.07) is 2.95. The first-order chi connectivity index (χ1) is 18.9. The average molecular weight is 569 g/mol. The molecule has 0 spiro atoms. The van der Waals surface area contributed by atoms with Crippen LogP contribution in [0.4, 0.5) is 5.13 Å². The number of nitrogens with one attached hydrogen (secondary N) is 2. The number of β-lactam (4-membered cyclic amide) rings is 1. The van der Waals surface area contributed by atoms with Gasteiger partial charge in [-0.2, -0.15) is 9.36 Å². The van der Waals surface area contributed by atoms with Gasteiger partial charge >= 0.3 is 5.65 Å². The molecule has 0 aliphatic carbocycles. The molecular weight excluding hydrogens is 544 g/mol. The Labute approximate surface area is 230 Å². The summed E-state index contributed by atoms with van der Waals surface area (Å²) >= 11 is 2.29. The van der Waals surface area contributed by atoms with E-state index in [0.717, 1.165) is 42.3 Å². The lowest BCUT2D eigenvalue weighted by molar-refractivity contribution is -0.664. The van der Waals surface area contributed by atoms with Crippen LogP contribution in [0, 0.1) is 5.92 Å². The number of pyridine rings is 1. The topological polar surface area (TPSA) is 187 Å². The van der Waals surface area contributed by atoms with E-state index in [1.807, 2.05) is 22.9 Å². The molecule has 6 heterocycles. The molecule has 39 heavy (non-hydrogen) atoms. The van der Waals surface area contributed by atoms with E-state index in [4.69, 9.17) is 5.73 Å². The van der Waals surface area contributed by atoms with Crippen molar-refractivity contribution in [2.24, 2.45) is 10.9 Å². The van der Waals surface area contributed by atoms with E-state index >= 15 is 0 Å². The molecule has 0 bridgehead atoms. The fourth-order valence-corrected chi connectivity index (χ4v) is 6.72. The zero-order chi connectivity index (χ0) is 27.3. The number of amides is 2. The van der Waals surface area contributed by atoms with Gasteiger partial charge in [0.05, 0.1) is 17.9 Å². The Kier molecular flexibility index (Phi) is 6.52. The van der Waals surface area contributed by atoms with Gasteiger partial charge in [-0.25, -0.2) is 4.57 Å². The van der Waals surface area contributed by atoms with Crippen LogP contribution in [0.3, 0.4) is 0 Å². The lowest BCUT2D eigenvalue weighted by Gasteiger charge is -2.50. The van der Waals surface area contributed by atoms with Crippen LogP contribution in [0.1, 0.15) is 5.82 Å². The highest BCUT2D eigenvalue weighted by Crippen LogP contribution is 2.40. The Hall–Kier alpha value is -3.89. The molecule has 16 heteroatoms. The highest BCUT2D eigenvalue weighted by Gasteiger charge is 2.53. The number of rotatable bonds is 8. The van der Waals surface area contributed by atoms with E-state index in [1.54, 1.807) is 6.33 Å². The van der Waals surface area contributed by atoms with Crippen LogP contribution >= 0.6 is 23.3 Å². The van der Waals surface area contributed by atoms with Gasteiger partial charge in [0.15, 0.2) is 16.7 Å². The Balaban J connectivity index is 1.22. The second kappa shape index (κ2) is 10.0. The Morgan fingerprint density at radius 3 is 2.87 bits per heavy atom. The number of aliphatic imine (C=N–C) groups is 1. The van der Waals surface area contributed by atoms with Crippen molar-refractivity contribution >= 4 is 63.1 Å². The summed E-state index contributed by atoms with van der Waals surface area (Å²) < 4.78 is 7.98. The molecule has 0 saturated carbocycles. The first-order valence-corrected chi connectivity index (χ1v) is 14.0. The van der Waals surface area contributed by atoms with Crippen molar-refractivity contribution in [1.82, 2.24) is 34.4 Å². The molecular formula is C23H24N10O4S2. The fourth-order valence-electron chi connectivity index (χ4n) is 4.95. The van der Waals surface area contributed by atoms with Crippen LogP contribution in [0.25, 0.3) is 11.2 Å². The van der Waals surface area contributed by atoms with Crippen molar-refractivity contribution in [3.8, 4) is 0 Å². The number of nitrogen functional groups attached to an aromatic ring is 1. The predicted octanol–water partition coefficient (Wildman–Crippen LogP) is -2.50. The predicted molar refractivity (Wildman–Crippen MR) is 140 cm³/mol. The van der Waals surface area contributed by atoms with Crippen LogP contribution < -0.4 is 26.0 Å². The number of nitrogens with zero attached hydrogens (tertiary/aromatic N) is 7. The minimum Gasteiger partial charge on any atom is -0.543 e. The Bertz CT molecular complexity index is 1560. The molecule has 2 amide bonds. The molecule has 6 rings (SSSR count). The molecule has 4 N–H and O–H groups in total. The van der Waals surface area contributed by atoms with Gasteiger partial charge < -0.3 is 30.8 Å². The SMILES string of the molecule is CN=C(C(=O)NC1C(=O)N2C(C(=O)[O-])=C(C[n+]3cccc4c3ncn4CC3CNC3)CSC12)c1nsc(N)n1. The Morgan fingerprint density at radius 1 is 1.38 bits per heavy atom. The molecule has 3 aromatic heterocycles. The molecule has 3 aromatic rings. The fraction of sp³-hybridized carbons (Fsp3) is 0.391. The number of hydrogen-bond acceptors (Lipinski definition) is 12. The number of carbonyl (C=O) groups excluding carboxylic acids is 3. The molecule has 3 aliphatic heterocycles. The van der Waals surface area contributed by atoms with Crippen LogP contribution in [-0.2, 0) is 27.5 Å². The average Bonchev–Trinajstić information content (AvgIpc) is 3.51. The van der Waals surface area contributed by atoms with E-state index in [2.05, 4.69) is 34.5 Å². The summed E-state index contributed by atoms with van der Waals surface area (Å²) in [5, 5.41) is 17.7. The molecule has 2 unspecified atom stereocenters. The molecule has 202 valence electrons. The number of aliphatic carboxylic acids is 1. The number of fused-ring (bicyclic) bond motifs is 2. The van der Waals surface area contributed by atoms with Crippen LogP contribution in [0.15, 0.2) is 40.9 Å². The number of thioether (sulfide) groups is 1. The van der Waals surface area contributed by atoms with Gasteiger partial charge in [-0.05, 0) is 17.1 Å². The molecule has 14 nitrogen and oxygen atoms in total. The molecule has 2 fully saturated rings. The normalized spacial score (nSPS) is 21.5. The van der Waals surface area contributed by atoms with E-state index in [1.165, 1.54) is 23.7 Å². The maximum atomic E-state index is 13.1. The maximum absolute atomic E-state index is 13.1. The Morgan fingerprint density at radius 2 is 2.21 bits per heavy atom. The lowest BCUT2D eigenvalue weighted by atomic mass is 10.0. The molecule has 0 radical (unpaired) electrons. The number of carboxylic acid groups (broad SMARTS) is 1. The van der Waals surface area contributed by atoms with Gasteiger partial charge in [0.25, 0.3) is 11.8 Å².